The largest absolute Gasteiger partial charge is 0.494 e. The number of aromatic nitrogens is 1. The molecule has 3 aromatic carbocycles. The number of thiophene rings is 1. The molecule has 5 rings (SSSR count). The van der Waals surface area contributed by atoms with Crippen molar-refractivity contribution in [2.45, 2.75) is 6.92 Å². The number of oxazole rings is 1. The summed E-state index contributed by atoms with van der Waals surface area (Å²) < 4.78 is 12.3. The van der Waals surface area contributed by atoms with E-state index in [1.54, 1.807) is 12.1 Å². The van der Waals surface area contributed by atoms with Crippen LogP contribution >= 0.6 is 35.2 Å². The molecule has 0 bridgehead atoms. The molecule has 9 heteroatoms. The maximum absolute atomic E-state index is 12.7. The van der Waals surface area contributed by atoms with Crippen LogP contribution in [0.5, 0.6) is 5.75 Å². The number of amides is 1. The zero-order valence-corrected chi connectivity index (χ0v) is 20.3. The van der Waals surface area contributed by atoms with Crippen molar-refractivity contribution in [3.8, 4) is 17.2 Å². The third kappa shape index (κ3) is 4.48. The molecule has 0 radical (unpaired) electrons. The Balaban J connectivity index is 1.30. The van der Waals surface area contributed by atoms with Crippen LogP contribution in [0.15, 0.2) is 71.1 Å². The van der Waals surface area contributed by atoms with Gasteiger partial charge in [-0.3, -0.25) is 10.1 Å². The number of rotatable bonds is 5. The summed E-state index contributed by atoms with van der Waals surface area (Å²) in [6.07, 6.45) is 0. The Kier molecular flexibility index (Phi) is 6.19. The summed E-state index contributed by atoms with van der Waals surface area (Å²) in [4.78, 5) is 17.7. The number of nitrogens with zero attached hydrogens (tertiary/aromatic N) is 1. The summed E-state index contributed by atoms with van der Waals surface area (Å²) in [5.41, 5.74) is 2.82. The summed E-state index contributed by atoms with van der Waals surface area (Å²) in [5, 5.41) is 7.14. The van der Waals surface area contributed by atoms with Gasteiger partial charge in [0, 0.05) is 21.3 Å². The summed E-state index contributed by atoms with van der Waals surface area (Å²) >= 11 is 13.1. The van der Waals surface area contributed by atoms with Crippen molar-refractivity contribution in [1.82, 2.24) is 10.3 Å². The first-order valence-electron chi connectivity index (χ1n) is 10.4. The molecular weight excluding hydrogens is 490 g/mol. The van der Waals surface area contributed by atoms with Gasteiger partial charge in [-0.25, -0.2) is 4.98 Å². The fourth-order valence-electron chi connectivity index (χ4n) is 3.47. The zero-order chi connectivity index (χ0) is 23.7. The average Bonchev–Trinajstić information content (AvgIpc) is 3.41. The molecule has 0 aliphatic heterocycles. The van der Waals surface area contributed by atoms with E-state index in [0.29, 0.717) is 39.2 Å². The molecule has 0 unspecified atom stereocenters. The van der Waals surface area contributed by atoms with E-state index in [9.17, 15) is 4.79 Å². The maximum atomic E-state index is 12.7. The summed E-state index contributed by atoms with van der Waals surface area (Å²) in [7, 11) is 0. The van der Waals surface area contributed by atoms with Gasteiger partial charge in [-0.2, -0.15) is 0 Å². The smallest absolute Gasteiger partial charge is 0.269 e. The molecule has 5 aromatic rings. The quantitative estimate of drug-likeness (QED) is 0.252. The second-order valence-electron chi connectivity index (χ2n) is 7.31. The van der Waals surface area contributed by atoms with Gasteiger partial charge in [0.1, 0.15) is 16.1 Å². The van der Waals surface area contributed by atoms with Crippen LogP contribution in [0, 0.1) is 0 Å². The predicted molar refractivity (Wildman–Crippen MR) is 141 cm³/mol. The van der Waals surface area contributed by atoms with Crippen molar-refractivity contribution < 1.29 is 13.9 Å². The monoisotopic (exact) mass is 507 g/mol. The molecule has 0 atom stereocenters. The van der Waals surface area contributed by atoms with Gasteiger partial charge in [0.2, 0.25) is 5.89 Å². The molecule has 2 N–H and O–H groups in total. The first-order valence-corrected chi connectivity index (χ1v) is 12.1. The molecule has 6 nitrogen and oxygen atoms in total. The summed E-state index contributed by atoms with van der Waals surface area (Å²) in [5.74, 6) is 0.941. The van der Waals surface area contributed by atoms with Crippen LogP contribution < -0.4 is 15.4 Å². The first-order chi connectivity index (χ1) is 16.5. The average molecular weight is 508 g/mol. The van der Waals surface area contributed by atoms with E-state index in [4.69, 9.17) is 33.0 Å². The van der Waals surface area contributed by atoms with Crippen LogP contribution in [-0.4, -0.2) is 22.6 Å². The number of nitrogens with one attached hydrogen (secondary N) is 2. The van der Waals surface area contributed by atoms with Crippen molar-refractivity contribution in [3.05, 3.63) is 76.6 Å². The van der Waals surface area contributed by atoms with Gasteiger partial charge in [0.25, 0.3) is 5.91 Å². The number of ether oxygens (including phenoxy) is 1. The van der Waals surface area contributed by atoms with Crippen LogP contribution in [0.25, 0.3) is 32.6 Å². The van der Waals surface area contributed by atoms with Crippen LogP contribution in [0.3, 0.4) is 0 Å². The second-order valence-corrected chi connectivity index (χ2v) is 9.15. The van der Waals surface area contributed by atoms with Gasteiger partial charge < -0.3 is 14.5 Å². The Morgan fingerprint density at radius 3 is 2.71 bits per heavy atom. The van der Waals surface area contributed by atoms with Gasteiger partial charge >= 0.3 is 0 Å². The third-order valence-corrected chi connectivity index (χ3v) is 6.90. The minimum Gasteiger partial charge on any atom is -0.494 e. The molecule has 0 fully saturated rings. The molecule has 34 heavy (non-hydrogen) atoms. The number of fused-ring (bicyclic) bond motifs is 2. The van der Waals surface area contributed by atoms with Gasteiger partial charge in [-0.1, -0.05) is 29.8 Å². The summed E-state index contributed by atoms with van der Waals surface area (Å²) in [6, 6.07) is 20.6. The molecule has 0 spiro atoms. The molecule has 0 saturated heterocycles. The van der Waals surface area contributed by atoms with Crippen molar-refractivity contribution in [2.75, 3.05) is 11.9 Å². The van der Waals surface area contributed by atoms with E-state index in [1.807, 2.05) is 61.5 Å². The van der Waals surface area contributed by atoms with Gasteiger partial charge in [-0.05, 0) is 67.7 Å². The fourth-order valence-corrected chi connectivity index (χ4v) is 5.09. The minimum absolute atomic E-state index is 0.160. The summed E-state index contributed by atoms with van der Waals surface area (Å²) in [6.45, 7) is 2.55. The van der Waals surface area contributed by atoms with E-state index >= 15 is 0 Å². The van der Waals surface area contributed by atoms with Crippen molar-refractivity contribution in [2.24, 2.45) is 0 Å². The lowest BCUT2D eigenvalue weighted by atomic mass is 10.2. The Morgan fingerprint density at radius 2 is 1.94 bits per heavy atom. The van der Waals surface area contributed by atoms with Crippen molar-refractivity contribution >= 4 is 73.0 Å². The number of benzene rings is 3. The number of halogens is 1. The van der Waals surface area contributed by atoms with Crippen molar-refractivity contribution in [1.29, 1.82) is 0 Å². The predicted octanol–water partition coefficient (Wildman–Crippen LogP) is 6.89. The number of thiocarbonyl (C=S) groups is 1. The molecule has 0 aliphatic rings. The van der Waals surface area contributed by atoms with Gasteiger partial charge in [-0.15, -0.1) is 11.3 Å². The Hall–Kier alpha value is -3.46. The molecule has 1 amide bonds. The highest BCUT2D eigenvalue weighted by Crippen LogP contribution is 2.35. The highest BCUT2D eigenvalue weighted by Gasteiger charge is 2.18. The number of anilines is 1. The highest BCUT2D eigenvalue weighted by molar-refractivity contribution is 7.80. The van der Waals surface area contributed by atoms with Crippen LogP contribution in [0.1, 0.15) is 16.6 Å². The van der Waals surface area contributed by atoms with E-state index in [-0.39, 0.29) is 11.0 Å². The highest BCUT2D eigenvalue weighted by atomic mass is 35.5. The normalized spacial score (nSPS) is 11.0. The molecule has 2 heterocycles. The number of carbonyl (C=O) groups excluding carboxylic acids is 1. The Bertz CT molecular complexity index is 1530. The Morgan fingerprint density at radius 1 is 1.15 bits per heavy atom. The number of hydrogen-bond acceptors (Lipinski definition) is 6. The molecule has 0 saturated carbocycles. The van der Waals surface area contributed by atoms with Crippen molar-refractivity contribution in [3.63, 3.8) is 0 Å². The minimum atomic E-state index is -0.357. The molecular formula is C25H18ClN3O3S2. The van der Waals surface area contributed by atoms with Gasteiger partial charge in [0.15, 0.2) is 10.7 Å². The molecule has 170 valence electrons. The fraction of sp³-hybridized carbons (Fsp3) is 0.0800. The number of carbonyl (C=O) groups is 1. The lowest BCUT2D eigenvalue weighted by Gasteiger charge is -2.08. The molecule has 2 aromatic heterocycles. The Labute approximate surface area is 209 Å². The van der Waals surface area contributed by atoms with E-state index < -0.39 is 0 Å². The third-order valence-electron chi connectivity index (χ3n) is 5.03. The first kappa shape index (κ1) is 22.3. The topological polar surface area (TPSA) is 76.4 Å². The molecule has 0 aliphatic carbocycles. The van der Waals surface area contributed by atoms with Crippen LogP contribution in [-0.2, 0) is 0 Å². The number of hydrogen-bond donors (Lipinski definition) is 2. The van der Waals surface area contributed by atoms with Crippen LogP contribution in [0.2, 0.25) is 5.02 Å². The van der Waals surface area contributed by atoms with E-state index in [2.05, 4.69) is 15.6 Å². The van der Waals surface area contributed by atoms with Crippen LogP contribution in [0.4, 0.5) is 5.69 Å². The SMILES string of the molecule is CCOc1ccc(-c2nc3cc(NC(=S)NC(=O)c4sc5ccccc5c4Cl)ccc3o2)cc1. The van der Waals surface area contributed by atoms with Gasteiger partial charge in [0.05, 0.1) is 11.6 Å². The second kappa shape index (κ2) is 9.42. The lowest BCUT2D eigenvalue weighted by Crippen LogP contribution is -2.33. The van der Waals surface area contributed by atoms with E-state index in [0.717, 1.165) is 21.4 Å². The maximum Gasteiger partial charge on any atom is 0.269 e. The van der Waals surface area contributed by atoms with E-state index in [1.165, 1.54) is 11.3 Å². The lowest BCUT2D eigenvalue weighted by molar-refractivity contribution is 0.0982. The standard InChI is InChI=1S/C25H18ClN3O3S2/c1-2-31-16-10-7-14(8-11-16)24-28-18-13-15(9-12-19(18)32-24)27-25(33)29-23(30)22-21(26)17-5-3-4-6-20(17)34-22/h3-13H,2H2,1H3,(H2,27,29,30,33). The zero-order valence-electron chi connectivity index (χ0n) is 17.9.